The summed E-state index contributed by atoms with van der Waals surface area (Å²) in [5, 5.41) is 4.71. The lowest BCUT2D eigenvalue weighted by molar-refractivity contribution is 0.558. The summed E-state index contributed by atoms with van der Waals surface area (Å²) in [6, 6.07) is 4.81. The Morgan fingerprint density at radius 2 is 2.16 bits per heavy atom. The molecule has 1 atom stereocenters. The standard InChI is InChI=1S/C14H16ClFN2S/c1-8-14(19-9(2)18-8)13(17-3)7-10-11(15)5-4-6-12(10)16/h4-6,13,17H,7H2,1-3H3. The molecule has 1 N–H and O–H groups in total. The molecule has 1 aromatic heterocycles. The van der Waals surface area contributed by atoms with E-state index in [4.69, 9.17) is 11.6 Å². The monoisotopic (exact) mass is 298 g/mol. The number of halogens is 2. The van der Waals surface area contributed by atoms with Gasteiger partial charge in [-0.3, -0.25) is 0 Å². The van der Waals surface area contributed by atoms with E-state index in [2.05, 4.69) is 10.3 Å². The van der Waals surface area contributed by atoms with Crippen molar-refractivity contribution in [3.05, 3.63) is 50.2 Å². The Labute approximate surface area is 121 Å². The molecular weight excluding hydrogens is 283 g/mol. The van der Waals surface area contributed by atoms with E-state index in [1.807, 2.05) is 20.9 Å². The number of hydrogen-bond acceptors (Lipinski definition) is 3. The average Bonchev–Trinajstić information content (AvgIpc) is 2.68. The molecule has 0 amide bonds. The molecule has 2 aromatic rings. The van der Waals surface area contributed by atoms with Gasteiger partial charge in [0.1, 0.15) is 5.82 Å². The van der Waals surface area contributed by atoms with E-state index >= 15 is 0 Å². The molecule has 0 aliphatic carbocycles. The predicted molar refractivity (Wildman–Crippen MR) is 78.5 cm³/mol. The second kappa shape index (κ2) is 5.99. The summed E-state index contributed by atoms with van der Waals surface area (Å²) in [6.45, 7) is 3.95. The van der Waals surface area contributed by atoms with Crippen molar-refractivity contribution in [2.75, 3.05) is 7.05 Å². The zero-order valence-corrected chi connectivity index (χ0v) is 12.7. The molecule has 1 heterocycles. The number of aryl methyl sites for hydroxylation is 2. The fourth-order valence-corrected chi connectivity index (χ4v) is 3.41. The smallest absolute Gasteiger partial charge is 0.127 e. The third-order valence-electron chi connectivity index (χ3n) is 3.07. The summed E-state index contributed by atoms with van der Waals surface area (Å²) in [7, 11) is 1.87. The largest absolute Gasteiger partial charge is 0.312 e. The van der Waals surface area contributed by atoms with Crippen molar-refractivity contribution in [1.82, 2.24) is 10.3 Å². The van der Waals surface area contributed by atoms with Crippen molar-refractivity contribution < 1.29 is 4.39 Å². The van der Waals surface area contributed by atoms with Crippen molar-refractivity contribution in [1.29, 1.82) is 0 Å². The van der Waals surface area contributed by atoms with Gasteiger partial charge in [0.15, 0.2) is 0 Å². The Kier molecular flexibility index (Phi) is 4.55. The van der Waals surface area contributed by atoms with Crippen molar-refractivity contribution in [3.8, 4) is 0 Å². The summed E-state index contributed by atoms with van der Waals surface area (Å²) in [6.07, 6.45) is 0.518. The molecule has 0 spiro atoms. The highest BCUT2D eigenvalue weighted by Gasteiger charge is 2.19. The van der Waals surface area contributed by atoms with Crippen LogP contribution in [0.4, 0.5) is 4.39 Å². The van der Waals surface area contributed by atoms with Gasteiger partial charge < -0.3 is 5.32 Å². The minimum Gasteiger partial charge on any atom is -0.312 e. The fourth-order valence-electron chi connectivity index (χ4n) is 2.13. The van der Waals surface area contributed by atoms with Gasteiger partial charge in [0.2, 0.25) is 0 Å². The molecule has 19 heavy (non-hydrogen) atoms. The second-order valence-corrected chi connectivity index (χ2v) is 6.07. The van der Waals surface area contributed by atoms with Crippen LogP contribution in [0, 0.1) is 19.7 Å². The maximum absolute atomic E-state index is 13.8. The quantitative estimate of drug-likeness (QED) is 0.921. The predicted octanol–water partition coefficient (Wildman–Crippen LogP) is 4.06. The number of aromatic nitrogens is 1. The Morgan fingerprint density at radius 1 is 1.42 bits per heavy atom. The van der Waals surface area contributed by atoms with E-state index in [-0.39, 0.29) is 11.9 Å². The molecule has 0 saturated carbocycles. The highest BCUT2D eigenvalue weighted by molar-refractivity contribution is 7.11. The van der Waals surface area contributed by atoms with Gasteiger partial charge in [0.25, 0.3) is 0 Å². The molecule has 0 aliphatic heterocycles. The number of hydrogen-bond donors (Lipinski definition) is 1. The molecule has 1 unspecified atom stereocenters. The van der Waals surface area contributed by atoms with Crippen molar-refractivity contribution in [2.24, 2.45) is 0 Å². The molecule has 0 bridgehead atoms. The van der Waals surface area contributed by atoms with Crippen LogP contribution in [0.1, 0.15) is 27.2 Å². The first-order chi connectivity index (χ1) is 9.02. The second-order valence-electron chi connectivity index (χ2n) is 4.43. The van der Waals surface area contributed by atoms with Gasteiger partial charge in [-0.1, -0.05) is 17.7 Å². The van der Waals surface area contributed by atoms with E-state index in [9.17, 15) is 4.39 Å². The van der Waals surface area contributed by atoms with E-state index in [0.717, 1.165) is 15.6 Å². The van der Waals surface area contributed by atoms with E-state index in [1.165, 1.54) is 6.07 Å². The minimum atomic E-state index is -0.258. The third kappa shape index (κ3) is 3.14. The van der Waals surface area contributed by atoms with Crippen LogP contribution in [0.15, 0.2) is 18.2 Å². The summed E-state index contributed by atoms with van der Waals surface area (Å²) >= 11 is 7.72. The first-order valence-corrected chi connectivity index (χ1v) is 7.26. The number of rotatable bonds is 4. The minimum absolute atomic E-state index is 0.0283. The van der Waals surface area contributed by atoms with Crippen molar-refractivity contribution >= 4 is 22.9 Å². The molecular formula is C14H16ClFN2S. The van der Waals surface area contributed by atoms with Gasteiger partial charge in [-0.25, -0.2) is 9.37 Å². The van der Waals surface area contributed by atoms with Crippen LogP contribution in [0.5, 0.6) is 0 Å². The molecule has 0 saturated heterocycles. The van der Waals surface area contributed by atoms with Crippen LogP contribution in [0.3, 0.4) is 0 Å². The van der Waals surface area contributed by atoms with Gasteiger partial charge in [-0.2, -0.15) is 0 Å². The van der Waals surface area contributed by atoms with E-state index < -0.39 is 0 Å². The third-order valence-corrected chi connectivity index (χ3v) is 4.61. The van der Waals surface area contributed by atoms with Crippen LogP contribution in [-0.2, 0) is 6.42 Å². The maximum atomic E-state index is 13.8. The van der Waals surface area contributed by atoms with Crippen LogP contribution in [-0.4, -0.2) is 12.0 Å². The SMILES string of the molecule is CNC(Cc1c(F)cccc1Cl)c1sc(C)nc1C. The topological polar surface area (TPSA) is 24.9 Å². The molecule has 0 radical (unpaired) electrons. The van der Waals surface area contributed by atoms with E-state index in [1.54, 1.807) is 23.5 Å². The van der Waals surface area contributed by atoms with Gasteiger partial charge in [-0.05, 0) is 39.4 Å². The molecule has 0 fully saturated rings. The fraction of sp³-hybridized carbons (Fsp3) is 0.357. The van der Waals surface area contributed by atoms with Gasteiger partial charge in [-0.15, -0.1) is 11.3 Å². The summed E-state index contributed by atoms with van der Waals surface area (Å²) in [5.74, 6) is -0.258. The Morgan fingerprint density at radius 3 is 2.68 bits per heavy atom. The summed E-state index contributed by atoms with van der Waals surface area (Å²) in [4.78, 5) is 5.56. The number of benzene rings is 1. The maximum Gasteiger partial charge on any atom is 0.127 e. The first-order valence-electron chi connectivity index (χ1n) is 6.07. The normalized spacial score (nSPS) is 12.7. The van der Waals surface area contributed by atoms with Crippen LogP contribution < -0.4 is 5.32 Å². The van der Waals surface area contributed by atoms with Crippen LogP contribution in [0.25, 0.3) is 0 Å². The Balaban J connectivity index is 2.32. The summed E-state index contributed by atoms with van der Waals surface area (Å²) < 4.78 is 13.8. The highest BCUT2D eigenvalue weighted by Crippen LogP contribution is 2.30. The highest BCUT2D eigenvalue weighted by atomic mass is 35.5. The van der Waals surface area contributed by atoms with Gasteiger partial charge >= 0.3 is 0 Å². The van der Waals surface area contributed by atoms with Gasteiger partial charge in [0, 0.05) is 21.5 Å². The summed E-state index contributed by atoms with van der Waals surface area (Å²) in [5.41, 5.74) is 1.54. The van der Waals surface area contributed by atoms with Crippen molar-refractivity contribution in [3.63, 3.8) is 0 Å². The lowest BCUT2D eigenvalue weighted by Crippen LogP contribution is -2.19. The number of nitrogens with zero attached hydrogens (tertiary/aromatic N) is 1. The lowest BCUT2D eigenvalue weighted by atomic mass is 10.0. The zero-order chi connectivity index (χ0) is 14.0. The van der Waals surface area contributed by atoms with Gasteiger partial charge in [0.05, 0.1) is 10.7 Å². The van der Waals surface area contributed by atoms with Crippen molar-refractivity contribution in [2.45, 2.75) is 26.3 Å². The molecule has 1 aromatic carbocycles. The van der Waals surface area contributed by atoms with Crippen LogP contribution in [0.2, 0.25) is 5.02 Å². The molecule has 0 aliphatic rings. The Bertz CT molecular complexity index is 563. The zero-order valence-electron chi connectivity index (χ0n) is 11.1. The lowest BCUT2D eigenvalue weighted by Gasteiger charge is -2.16. The molecule has 2 rings (SSSR count). The molecule has 102 valence electrons. The van der Waals surface area contributed by atoms with Crippen LogP contribution >= 0.6 is 22.9 Å². The molecule has 2 nitrogen and oxygen atoms in total. The number of thiazole rings is 1. The first kappa shape index (κ1) is 14.4. The number of nitrogens with one attached hydrogen (secondary N) is 1. The molecule has 5 heteroatoms. The number of likely N-dealkylation sites (N-methyl/N-ethyl adjacent to an activating group) is 1. The Hall–Kier alpha value is -0.970. The van der Waals surface area contributed by atoms with E-state index in [0.29, 0.717) is 17.0 Å². The average molecular weight is 299 g/mol.